The van der Waals surface area contributed by atoms with Gasteiger partial charge in [-0.25, -0.2) is 0 Å². The molecule has 14 heavy (non-hydrogen) atoms. The highest BCUT2D eigenvalue weighted by Crippen LogP contribution is 2.03. The molecule has 5 heteroatoms. The first-order chi connectivity index (χ1) is 6.65. The molecule has 1 heterocycles. The van der Waals surface area contributed by atoms with E-state index in [9.17, 15) is 4.79 Å². The monoisotopic (exact) mass is 198 g/mol. The van der Waals surface area contributed by atoms with Gasteiger partial charge in [-0.05, 0) is 5.92 Å². The van der Waals surface area contributed by atoms with Crippen molar-refractivity contribution in [3.05, 3.63) is 18.0 Å². The van der Waals surface area contributed by atoms with Gasteiger partial charge in [-0.1, -0.05) is 19.0 Å². The third-order valence-corrected chi connectivity index (χ3v) is 1.98. The van der Waals surface area contributed by atoms with Crippen molar-refractivity contribution in [1.82, 2.24) is 10.5 Å². The Kier molecular flexibility index (Phi) is 3.64. The highest BCUT2D eigenvalue weighted by Gasteiger charge is 2.17. The number of carbonyl (C=O) groups excluding carboxylic acids is 1. The summed E-state index contributed by atoms with van der Waals surface area (Å²) in [6.45, 7) is 3.75. The fourth-order valence-electron chi connectivity index (χ4n) is 0.996. The van der Waals surface area contributed by atoms with E-state index in [1.165, 1.54) is 12.3 Å². The van der Waals surface area contributed by atoms with Crippen LogP contribution in [-0.4, -0.2) is 28.8 Å². The summed E-state index contributed by atoms with van der Waals surface area (Å²) in [5.74, 6) is -0.0220. The predicted octanol–water partition coefficient (Wildman–Crippen LogP) is 0.421. The molecular formula is C9H14N2O3. The lowest BCUT2D eigenvalue weighted by Gasteiger charge is -2.18. The Morgan fingerprint density at radius 3 is 2.86 bits per heavy atom. The number of hydrogen-bond donors (Lipinski definition) is 2. The number of nitrogens with one attached hydrogen (secondary N) is 1. The molecule has 1 rings (SSSR count). The summed E-state index contributed by atoms with van der Waals surface area (Å²) >= 11 is 0. The van der Waals surface area contributed by atoms with Crippen molar-refractivity contribution in [3.63, 3.8) is 0 Å². The maximum Gasteiger partial charge on any atom is 0.290 e. The Hall–Kier alpha value is -1.36. The summed E-state index contributed by atoms with van der Waals surface area (Å²) in [6, 6.07) is 1.22. The molecule has 0 saturated carbocycles. The van der Waals surface area contributed by atoms with E-state index in [1.807, 2.05) is 13.8 Å². The van der Waals surface area contributed by atoms with Crippen molar-refractivity contribution in [2.45, 2.75) is 19.9 Å². The summed E-state index contributed by atoms with van der Waals surface area (Å²) in [7, 11) is 0. The van der Waals surface area contributed by atoms with Crippen LogP contribution in [0.5, 0.6) is 0 Å². The molecule has 1 aromatic heterocycles. The van der Waals surface area contributed by atoms with Gasteiger partial charge in [0.25, 0.3) is 5.91 Å². The minimum atomic E-state index is -0.352. The van der Waals surface area contributed by atoms with Crippen molar-refractivity contribution >= 4 is 5.91 Å². The summed E-state index contributed by atoms with van der Waals surface area (Å²) < 4.78 is 4.68. The molecular weight excluding hydrogens is 184 g/mol. The van der Waals surface area contributed by atoms with Crippen molar-refractivity contribution in [3.8, 4) is 0 Å². The van der Waals surface area contributed by atoms with E-state index >= 15 is 0 Å². The molecule has 0 saturated heterocycles. The largest absolute Gasteiger partial charge is 0.394 e. The highest BCUT2D eigenvalue weighted by molar-refractivity contribution is 5.91. The van der Waals surface area contributed by atoms with E-state index in [2.05, 4.69) is 15.0 Å². The summed E-state index contributed by atoms with van der Waals surface area (Å²) in [6.07, 6.45) is 1.40. The topological polar surface area (TPSA) is 75.4 Å². The average Bonchev–Trinajstić information content (AvgIpc) is 2.65. The molecule has 0 bridgehead atoms. The first kappa shape index (κ1) is 10.7. The number of nitrogens with zero attached hydrogens (tertiary/aromatic N) is 1. The molecule has 1 atom stereocenters. The van der Waals surface area contributed by atoms with Gasteiger partial charge < -0.3 is 14.9 Å². The van der Waals surface area contributed by atoms with Crippen molar-refractivity contribution in [1.29, 1.82) is 0 Å². The van der Waals surface area contributed by atoms with Crippen LogP contribution in [0.2, 0.25) is 0 Å². The molecule has 0 aromatic carbocycles. The Morgan fingerprint density at radius 1 is 1.71 bits per heavy atom. The zero-order chi connectivity index (χ0) is 10.6. The Balaban J connectivity index is 2.56. The van der Waals surface area contributed by atoms with Gasteiger partial charge >= 0.3 is 0 Å². The second-order valence-corrected chi connectivity index (χ2v) is 3.38. The summed E-state index contributed by atoms with van der Waals surface area (Å²) in [5, 5.41) is 15.1. The van der Waals surface area contributed by atoms with Crippen molar-refractivity contribution in [2.24, 2.45) is 5.92 Å². The van der Waals surface area contributed by atoms with E-state index in [-0.39, 0.29) is 30.2 Å². The van der Waals surface area contributed by atoms with Gasteiger partial charge in [0.1, 0.15) is 0 Å². The van der Waals surface area contributed by atoms with Gasteiger partial charge in [-0.15, -0.1) is 0 Å². The van der Waals surface area contributed by atoms with Crippen LogP contribution in [0.4, 0.5) is 0 Å². The molecule has 78 valence electrons. The lowest BCUT2D eigenvalue weighted by atomic mass is 10.1. The number of aliphatic hydroxyl groups excluding tert-OH is 1. The molecule has 0 aliphatic rings. The fourth-order valence-corrected chi connectivity index (χ4v) is 0.996. The first-order valence-corrected chi connectivity index (χ1v) is 4.47. The molecule has 0 fully saturated rings. The number of amides is 1. The smallest absolute Gasteiger partial charge is 0.290 e. The molecule has 1 aromatic rings. The van der Waals surface area contributed by atoms with E-state index in [1.54, 1.807) is 0 Å². The number of aliphatic hydroxyl groups is 1. The van der Waals surface area contributed by atoms with Gasteiger partial charge in [0, 0.05) is 6.07 Å². The number of aromatic nitrogens is 1. The Bertz CT molecular complexity index is 282. The molecule has 0 spiro atoms. The van der Waals surface area contributed by atoms with Gasteiger partial charge in [-0.3, -0.25) is 4.79 Å². The molecule has 0 aliphatic heterocycles. The van der Waals surface area contributed by atoms with E-state index < -0.39 is 0 Å². The molecule has 5 nitrogen and oxygen atoms in total. The van der Waals surface area contributed by atoms with E-state index in [0.717, 1.165) is 0 Å². The van der Waals surface area contributed by atoms with Crippen LogP contribution in [0.15, 0.2) is 16.8 Å². The quantitative estimate of drug-likeness (QED) is 0.735. The molecule has 1 unspecified atom stereocenters. The third-order valence-electron chi connectivity index (χ3n) is 1.98. The maximum absolute atomic E-state index is 11.4. The molecule has 0 radical (unpaired) electrons. The second-order valence-electron chi connectivity index (χ2n) is 3.38. The second kappa shape index (κ2) is 4.76. The molecule has 1 amide bonds. The zero-order valence-corrected chi connectivity index (χ0v) is 8.23. The van der Waals surface area contributed by atoms with Crippen LogP contribution in [0.25, 0.3) is 0 Å². The minimum absolute atomic E-state index is 0.0858. The molecule has 0 aliphatic carbocycles. The zero-order valence-electron chi connectivity index (χ0n) is 8.23. The van der Waals surface area contributed by atoms with Gasteiger partial charge in [0.05, 0.1) is 18.8 Å². The van der Waals surface area contributed by atoms with Crippen molar-refractivity contribution < 1.29 is 14.4 Å². The molecule has 2 N–H and O–H groups in total. The summed E-state index contributed by atoms with van der Waals surface area (Å²) in [4.78, 5) is 11.4. The van der Waals surface area contributed by atoms with Crippen LogP contribution < -0.4 is 5.32 Å². The lowest BCUT2D eigenvalue weighted by molar-refractivity contribution is 0.0859. The average molecular weight is 198 g/mol. The Morgan fingerprint density at radius 2 is 2.43 bits per heavy atom. The third kappa shape index (κ3) is 2.56. The van der Waals surface area contributed by atoms with Crippen LogP contribution in [0.3, 0.4) is 0 Å². The first-order valence-electron chi connectivity index (χ1n) is 4.47. The number of carbonyl (C=O) groups is 1. The lowest BCUT2D eigenvalue weighted by Crippen LogP contribution is -2.40. The number of rotatable bonds is 4. The Labute approximate surface area is 82.1 Å². The van der Waals surface area contributed by atoms with Gasteiger partial charge in [0.15, 0.2) is 0 Å². The van der Waals surface area contributed by atoms with Gasteiger partial charge in [-0.2, -0.15) is 0 Å². The van der Waals surface area contributed by atoms with E-state index in [0.29, 0.717) is 0 Å². The number of hydrogen-bond acceptors (Lipinski definition) is 4. The van der Waals surface area contributed by atoms with Crippen LogP contribution in [0.1, 0.15) is 24.4 Å². The van der Waals surface area contributed by atoms with Gasteiger partial charge in [0.2, 0.25) is 5.76 Å². The van der Waals surface area contributed by atoms with E-state index in [4.69, 9.17) is 5.11 Å². The highest BCUT2D eigenvalue weighted by atomic mass is 16.5. The minimum Gasteiger partial charge on any atom is -0.394 e. The maximum atomic E-state index is 11.4. The van der Waals surface area contributed by atoms with Crippen LogP contribution >= 0.6 is 0 Å². The normalized spacial score (nSPS) is 12.9. The summed E-state index contributed by atoms with van der Waals surface area (Å²) in [5.41, 5.74) is 0. The fraction of sp³-hybridized carbons (Fsp3) is 0.556. The predicted molar refractivity (Wildman–Crippen MR) is 49.7 cm³/mol. The van der Waals surface area contributed by atoms with Crippen LogP contribution in [0, 0.1) is 5.92 Å². The SMILES string of the molecule is CC(C)C(CO)NC(=O)c1ccno1. The standard InChI is InChI=1S/C9H14N2O3/c1-6(2)7(5-12)11-9(13)8-3-4-10-14-8/h3-4,6-7,12H,5H2,1-2H3,(H,11,13). The van der Waals surface area contributed by atoms with Crippen molar-refractivity contribution in [2.75, 3.05) is 6.61 Å². The van der Waals surface area contributed by atoms with Crippen LogP contribution in [-0.2, 0) is 0 Å².